The van der Waals surface area contributed by atoms with Gasteiger partial charge in [-0.2, -0.15) is 0 Å². The zero-order valence-electron chi connectivity index (χ0n) is 10.1. The molecule has 1 heterocycles. The van der Waals surface area contributed by atoms with Crippen LogP contribution in [-0.4, -0.2) is 11.6 Å². The molecule has 0 aliphatic rings. The van der Waals surface area contributed by atoms with Crippen molar-refractivity contribution in [3.8, 4) is 5.75 Å². The van der Waals surface area contributed by atoms with E-state index in [0.29, 0.717) is 6.54 Å². The Morgan fingerprint density at radius 3 is 2.94 bits per heavy atom. The van der Waals surface area contributed by atoms with E-state index in [2.05, 4.69) is 18.0 Å². The highest BCUT2D eigenvalue weighted by Crippen LogP contribution is 2.20. The highest BCUT2D eigenvalue weighted by atomic mass is 16.5. The number of ether oxygens (including phenoxy) is 1. The Morgan fingerprint density at radius 1 is 1.29 bits per heavy atom. The van der Waals surface area contributed by atoms with Crippen molar-refractivity contribution >= 4 is 10.9 Å². The molecule has 0 saturated heterocycles. The summed E-state index contributed by atoms with van der Waals surface area (Å²) in [6.07, 6.45) is 4.05. The average molecular weight is 230 g/mol. The van der Waals surface area contributed by atoms with Crippen molar-refractivity contribution in [2.45, 2.75) is 26.3 Å². The monoisotopic (exact) mass is 230 g/mol. The molecule has 0 fully saturated rings. The van der Waals surface area contributed by atoms with Crippen molar-refractivity contribution in [2.75, 3.05) is 6.61 Å². The van der Waals surface area contributed by atoms with Crippen LogP contribution in [0.5, 0.6) is 5.75 Å². The molecular formula is C14H18N2O. The number of unbranched alkanes of at least 4 members (excludes halogenated alkanes) is 1. The van der Waals surface area contributed by atoms with Gasteiger partial charge in [-0.3, -0.25) is 4.98 Å². The lowest BCUT2D eigenvalue weighted by atomic mass is 10.1. The minimum atomic E-state index is 0.518. The van der Waals surface area contributed by atoms with E-state index in [-0.39, 0.29) is 0 Å². The average Bonchev–Trinajstić information content (AvgIpc) is 2.38. The Morgan fingerprint density at radius 2 is 2.18 bits per heavy atom. The maximum Gasteiger partial charge on any atom is 0.120 e. The molecule has 0 spiro atoms. The molecular weight excluding hydrogens is 212 g/mol. The Bertz CT molecular complexity index is 497. The van der Waals surface area contributed by atoms with Crippen molar-refractivity contribution in [3.63, 3.8) is 0 Å². The summed E-state index contributed by atoms with van der Waals surface area (Å²) in [5, 5.41) is 1.09. The van der Waals surface area contributed by atoms with E-state index in [1.54, 1.807) is 0 Å². The third-order valence-electron chi connectivity index (χ3n) is 2.71. The van der Waals surface area contributed by atoms with Crippen molar-refractivity contribution in [1.29, 1.82) is 0 Å². The molecule has 2 aromatic rings. The molecule has 0 atom stereocenters. The topological polar surface area (TPSA) is 48.1 Å². The molecule has 0 unspecified atom stereocenters. The minimum Gasteiger partial charge on any atom is -0.494 e. The van der Waals surface area contributed by atoms with E-state index in [1.165, 1.54) is 0 Å². The molecule has 0 saturated carbocycles. The van der Waals surface area contributed by atoms with Gasteiger partial charge in [0.1, 0.15) is 5.75 Å². The van der Waals surface area contributed by atoms with E-state index in [9.17, 15) is 0 Å². The first-order valence-corrected chi connectivity index (χ1v) is 6.05. The number of hydrogen-bond acceptors (Lipinski definition) is 3. The molecule has 1 aromatic carbocycles. The van der Waals surface area contributed by atoms with Gasteiger partial charge in [-0.1, -0.05) is 13.3 Å². The molecule has 3 heteroatoms. The number of fused-ring (bicyclic) bond motifs is 1. The summed E-state index contributed by atoms with van der Waals surface area (Å²) in [4.78, 5) is 4.35. The predicted octanol–water partition coefficient (Wildman–Crippen LogP) is 2.87. The fraction of sp³-hybridized carbons (Fsp3) is 0.357. The lowest BCUT2D eigenvalue weighted by Gasteiger charge is -2.07. The van der Waals surface area contributed by atoms with Crippen LogP contribution >= 0.6 is 0 Å². The highest BCUT2D eigenvalue weighted by Gasteiger charge is 2.00. The van der Waals surface area contributed by atoms with Crippen LogP contribution in [0.4, 0.5) is 0 Å². The summed E-state index contributed by atoms with van der Waals surface area (Å²) >= 11 is 0. The summed E-state index contributed by atoms with van der Waals surface area (Å²) in [5.74, 6) is 0.905. The molecule has 3 nitrogen and oxygen atoms in total. The summed E-state index contributed by atoms with van der Waals surface area (Å²) in [5.41, 5.74) is 7.63. The van der Waals surface area contributed by atoms with Crippen molar-refractivity contribution < 1.29 is 4.74 Å². The highest BCUT2D eigenvalue weighted by molar-refractivity contribution is 5.80. The summed E-state index contributed by atoms with van der Waals surface area (Å²) < 4.78 is 5.67. The van der Waals surface area contributed by atoms with Gasteiger partial charge >= 0.3 is 0 Å². The van der Waals surface area contributed by atoms with Gasteiger partial charge in [-0.25, -0.2) is 0 Å². The van der Waals surface area contributed by atoms with Gasteiger partial charge in [0.2, 0.25) is 0 Å². The smallest absolute Gasteiger partial charge is 0.120 e. The number of benzene rings is 1. The number of nitrogens with two attached hydrogens (primary N) is 1. The number of pyridine rings is 1. The molecule has 0 aliphatic carbocycles. The van der Waals surface area contributed by atoms with Gasteiger partial charge in [0, 0.05) is 18.1 Å². The number of nitrogens with zero attached hydrogens (tertiary/aromatic N) is 1. The second-order valence-corrected chi connectivity index (χ2v) is 4.10. The number of aromatic nitrogens is 1. The molecule has 2 N–H and O–H groups in total. The zero-order chi connectivity index (χ0) is 12.1. The summed E-state index contributed by atoms with van der Waals surface area (Å²) in [6, 6.07) is 8.04. The lowest BCUT2D eigenvalue weighted by molar-refractivity contribution is 0.310. The SMILES string of the molecule is CCCCOc1ccc2ncc(CN)cc2c1. The fourth-order valence-electron chi connectivity index (χ4n) is 1.69. The quantitative estimate of drug-likeness (QED) is 0.803. The van der Waals surface area contributed by atoms with Gasteiger partial charge in [0.25, 0.3) is 0 Å². The van der Waals surface area contributed by atoms with E-state index in [4.69, 9.17) is 10.5 Å². The molecule has 1 aromatic heterocycles. The van der Waals surface area contributed by atoms with Crippen LogP contribution in [0.15, 0.2) is 30.5 Å². The zero-order valence-corrected chi connectivity index (χ0v) is 10.1. The molecule has 0 amide bonds. The first kappa shape index (κ1) is 11.9. The molecule has 0 aliphatic heterocycles. The summed E-state index contributed by atoms with van der Waals surface area (Å²) in [7, 11) is 0. The third-order valence-corrected chi connectivity index (χ3v) is 2.71. The normalized spacial score (nSPS) is 10.7. The van der Waals surface area contributed by atoms with E-state index in [1.807, 2.05) is 24.4 Å². The van der Waals surface area contributed by atoms with E-state index >= 15 is 0 Å². The minimum absolute atomic E-state index is 0.518. The Balaban J connectivity index is 2.22. The van der Waals surface area contributed by atoms with Crippen LogP contribution in [0, 0.1) is 0 Å². The van der Waals surface area contributed by atoms with Crippen molar-refractivity contribution in [2.24, 2.45) is 5.73 Å². The van der Waals surface area contributed by atoms with Crippen LogP contribution in [0.25, 0.3) is 10.9 Å². The van der Waals surface area contributed by atoms with E-state index in [0.717, 1.165) is 41.7 Å². The molecule has 0 radical (unpaired) electrons. The Hall–Kier alpha value is -1.61. The largest absolute Gasteiger partial charge is 0.494 e. The second-order valence-electron chi connectivity index (χ2n) is 4.10. The first-order valence-electron chi connectivity index (χ1n) is 6.05. The van der Waals surface area contributed by atoms with Crippen LogP contribution in [0.2, 0.25) is 0 Å². The number of rotatable bonds is 5. The lowest BCUT2D eigenvalue weighted by Crippen LogP contribution is -1.98. The van der Waals surface area contributed by atoms with Crippen molar-refractivity contribution in [1.82, 2.24) is 4.98 Å². The maximum absolute atomic E-state index is 5.67. The summed E-state index contributed by atoms with van der Waals surface area (Å²) in [6.45, 7) is 3.44. The molecule has 2 rings (SSSR count). The number of hydrogen-bond donors (Lipinski definition) is 1. The van der Waals surface area contributed by atoms with Crippen LogP contribution in [-0.2, 0) is 6.54 Å². The van der Waals surface area contributed by atoms with Gasteiger partial charge in [-0.05, 0) is 36.2 Å². The van der Waals surface area contributed by atoms with Gasteiger partial charge in [0.15, 0.2) is 0 Å². The first-order chi connectivity index (χ1) is 8.33. The Kier molecular flexibility index (Phi) is 3.94. The Labute approximate surface area is 102 Å². The van der Waals surface area contributed by atoms with Crippen LogP contribution in [0.1, 0.15) is 25.3 Å². The van der Waals surface area contributed by atoms with Crippen molar-refractivity contribution in [3.05, 3.63) is 36.0 Å². The van der Waals surface area contributed by atoms with Crippen LogP contribution < -0.4 is 10.5 Å². The van der Waals surface area contributed by atoms with Crippen LogP contribution in [0.3, 0.4) is 0 Å². The fourth-order valence-corrected chi connectivity index (χ4v) is 1.69. The van der Waals surface area contributed by atoms with Gasteiger partial charge in [-0.15, -0.1) is 0 Å². The molecule has 17 heavy (non-hydrogen) atoms. The predicted molar refractivity (Wildman–Crippen MR) is 70.0 cm³/mol. The van der Waals surface area contributed by atoms with Gasteiger partial charge < -0.3 is 10.5 Å². The van der Waals surface area contributed by atoms with Gasteiger partial charge in [0.05, 0.1) is 12.1 Å². The molecule has 90 valence electrons. The van der Waals surface area contributed by atoms with E-state index < -0.39 is 0 Å². The maximum atomic E-state index is 5.67. The third kappa shape index (κ3) is 2.94. The second kappa shape index (κ2) is 5.64. The molecule has 0 bridgehead atoms. The standard InChI is InChI=1S/C14H18N2O/c1-2-3-6-17-13-4-5-14-12(8-13)7-11(9-15)10-16-14/h4-5,7-8,10H,2-3,6,9,15H2,1H3.